The standard InChI is InChI=1S/C23H29N3O7/c1-5-25(6-2)11-12-33-22(28)19-15(4)24-18(14-27)21(23(29)32-7-3)20(19)16-9-8-10-17(13-16)26(30)31/h8-10,13-14,20,24H,5-7,11-12H2,1-4H3. The number of allylic oxidation sites excluding steroid dienone is 2. The molecule has 10 nitrogen and oxygen atoms in total. The number of hydrogen-bond donors (Lipinski definition) is 1. The molecule has 0 spiro atoms. The first-order valence-electron chi connectivity index (χ1n) is 10.8. The van der Waals surface area contributed by atoms with Crippen molar-refractivity contribution in [1.29, 1.82) is 0 Å². The summed E-state index contributed by atoms with van der Waals surface area (Å²) in [5, 5.41) is 14.1. The highest BCUT2D eigenvalue weighted by Crippen LogP contribution is 2.39. The predicted molar refractivity (Wildman–Crippen MR) is 120 cm³/mol. The molecule has 33 heavy (non-hydrogen) atoms. The van der Waals surface area contributed by atoms with Crippen LogP contribution in [0.15, 0.2) is 46.8 Å². The van der Waals surface area contributed by atoms with Gasteiger partial charge < -0.3 is 19.7 Å². The number of likely N-dealkylation sites (N-methyl/N-ethyl adjacent to an activating group) is 1. The molecule has 1 atom stereocenters. The van der Waals surface area contributed by atoms with Gasteiger partial charge in [0, 0.05) is 24.4 Å². The number of nitrogens with zero attached hydrogens (tertiary/aromatic N) is 2. The number of benzene rings is 1. The van der Waals surface area contributed by atoms with E-state index in [1.807, 2.05) is 13.8 Å². The maximum absolute atomic E-state index is 13.2. The molecule has 0 bridgehead atoms. The van der Waals surface area contributed by atoms with Crippen LogP contribution in [0, 0.1) is 10.1 Å². The van der Waals surface area contributed by atoms with Gasteiger partial charge in [0.2, 0.25) is 0 Å². The minimum absolute atomic E-state index is 0.0441. The van der Waals surface area contributed by atoms with E-state index in [2.05, 4.69) is 10.2 Å². The third-order valence-electron chi connectivity index (χ3n) is 5.38. The second-order valence-corrected chi connectivity index (χ2v) is 7.28. The van der Waals surface area contributed by atoms with E-state index in [4.69, 9.17) is 9.47 Å². The van der Waals surface area contributed by atoms with Gasteiger partial charge in [-0.3, -0.25) is 14.9 Å². The fourth-order valence-electron chi connectivity index (χ4n) is 3.69. The lowest BCUT2D eigenvalue weighted by atomic mass is 9.80. The Bertz CT molecular complexity index is 980. The molecule has 1 aromatic rings. The molecule has 0 aliphatic carbocycles. The maximum Gasteiger partial charge on any atom is 0.337 e. The molecule has 0 aromatic heterocycles. The predicted octanol–water partition coefficient (Wildman–Crippen LogP) is 2.46. The van der Waals surface area contributed by atoms with Crippen molar-refractivity contribution in [2.45, 2.75) is 33.6 Å². The minimum atomic E-state index is -1.08. The number of dihydropyridines is 1. The zero-order valence-corrected chi connectivity index (χ0v) is 19.3. The third kappa shape index (κ3) is 6.04. The van der Waals surface area contributed by atoms with E-state index in [1.165, 1.54) is 18.2 Å². The van der Waals surface area contributed by atoms with Crippen molar-refractivity contribution in [1.82, 2.24) is 10.2 Å². The second-order valence-electron chi connectivity index (χ2n) is 7.28. The second kappa shape index (κ2) is 11.9. The number of carbonyl (C=O) groups excluding carboxylic acids is 3. The lowest BCUT2D eigenvalue weighted by Gasteiger charge is -2.30. The van der Waals surface area contributed by atoms with Crippen molar-refractivity contribution in [3.8, 4) is 0 Å². The van der Waals surface area contributed by atoms with Crippen LogP contribution in [-0.4, -0.2) is 60.9 Å². The van der Waals surface area contributed by atoms with Gasteiger partial charge in [-0.15, -0.1) is 0 Å². The lowest BCUT2D eigenvalue weighted by molar-refractivity contribution is -0.384. The van der Waals surface area contributed by atoms with Crippen molar-refractivity contribution in [2.24, 2.45) is 0 Å². The third-order valence-corrected chi connectivity index (χ3v) is 5.38. The Hall–Kier alpha value is -3.53. The number of non-ortho nitro benzene ring substituents is 1. The normalized spacial score (nSPS) is 15.8. The molecule has 2 rings (SSSR count). The quantitative estimate of drug-likeness (QED) is 0.230. The van der Waals surface area contributed by atoms with Gasteiger partial charge in [0.1, 0.15) is 6.61 Å². The fourth-order valence-corrected chi connectivity index (χ4v) is 3.69. The Morgan fingerprint density at radius 2 is 1.82 bits per heavy atom. The van der Waals surface area contributed by atoms with Crippen LogP contribution < -0.4 is 5.32 Å². The summed E-state index contributed by atoms with van der Waals surface area (Å²) in [6.07, 6.45) is 0.461. The van der Waals surface area contributed by atoms with E-state index in [0.29, 0.717) is 24.1 Å². The number of carbonyl (C=O) groups is 3. The summed E-state index contributed by atoms with van der Waals surface area (Å²) in [5.41, 5.74) is 0.311. The van der Waals surface area contributed by atoms with E-state index < -0.39 is 22.8 Å². The molecular formula is C23H29N3O7. The van der Waals surface area contributed by atoms with E-state index in [0.717, 1.165) is 13.1 Å². The smallest absolute Gasteiger partial charge is 0.337 e. The summed E-state index contributed by atoms with van der Waals surface area (Å²) < 4.78 is 10.6. The van der Waals surface area contributed by atoms with Crippen molar-refractivity contribution in [2.75, 3.05) is 32.8 Å². The zero-order chi connectivity index (χ0) is 24.5. The molecule has 178 valence electrons. The van der Waals surface area contributed by atoms with Crippen LogP contribution in [0.5, 0.6) is 0 Å². The average Bonchev–Trinajstić information content (AvgIpc) is 2.81. The topological polar surface area (TPSA) is 128 Å². The number of aldehydes is 1. The van der Waals surface area contributed by atoms with Gasteiger partial charge in [-0.25, -0.2) is 9.59 Å². The molecule has 1 unspecified atom stereocenters. The van der Waals surface area contributed by atoms with Gasteiger partial charge >= 0.3 is 11.9 Å². The molecule has 1 aromatic carbocycles. The van der Waals surface area contributed by atoms with Crippen LogP contribution >= 0.6 is 0 Å². The number of nitro benzene ring substituents is 1. The summed E-state index contributed by atoms with van der Waals surface area (Å²) in [6, 6.07) is 5.59. The number of ether oxygens (including phenoxy) is 2. The Morgan fingerprint density at radius 1 is 1.15 bits per heavy atom. The summed E-state index contributed by atoms with van der Waals surface area (Å²) in [5.74, 6) is -2.56. The summed E-state index contributed by atoms with van der Waals surface area (Å²) in [4.78, 5) is 50.6. The van der Waals surface area contributed by atoms with E-state index in [-0.39, 0.29) is 35.7 Å². The van der Waals surface area contributed by atoms with Crippen LogP contribution in [-0.2, 0) is 23.9 Å². The summed E-state index contributed by atoms with van der Waals surface area (Å²) >= 11 is 0. The molecule has 0 fully saturated rings. The van der Waals surface area contributed by atoms with Crippen LogP contribution in [0.25, 0.3) is 0 Å². The van der Waals surface area contributed by atoms with Gasteiger partial charge in [0.15, 0.2) is 6.29 Å². The van der Waals surface area contributed by atoms with Crippen molar-refractivity contribution in [3.63, 3.8) is 0 Å². The Balaban J connectivity index is 2.55. The first-order chi connectivity index (χ1) is 15.8. The van der Waals surface area contributed by atoms with Crippen molar-refractivity contribution < 1.29 is 28.8 Å². The Kier molecular flexibility index (Phi) is 9.29. The van der Waals surface area contributed by atoms with Crippen LogP contribution in [0.2, 0.25) is 0 Å². The molecular weight excluding hydrogens is 430 g/mol. The highest BCUT2D eigenvalue weighted by Gasteiger charge is 2.39. The first-order valence-corrected chi connectivity index (χ1v) is 10.8. The SMILES string of the molecule is CCOC(=O)C1=C(C=O)NC(C)=C(C(=O)OCCN(CC)CC)C1c1cccc([N+](=O)[O-])c1. The minimum Gasteiger partial charge on any atom is -0.463 e. The number of esters is 2. The van der Waals surface area contributed by atoms with Crippen LogP contribution in [0.3, 0.4) is 0 Å². The highest BCUT2D eigenvalue weighted by atomic mass is 16.6. The molecule has 0 radical (unpaired) electrons. The van der Waals surface area contributed by atoms with E-state index in [1.54, 1.807) is 19.9 Å². The molecule has 0 amide bonds. The molecule has 0 saturated heterocycles. The number of rotatable bonds is 11. The molecule has 1 N–H and O–H groups in total. The van der Waals surface area contributed by atoms with Gasteiger partial charge in [-0.05, 0) is 32.5 Å². The molecule has 1 aliphatic heterocycles. The fraction of sp³-hybridized carbons (Fsp3) is 0.435. The van der Waals surface area contributed by atoms with Gasteiger partial charge in [0.05, 0.1) is 34.3 Å². The number of nitrogens with one attached hydrogen (secondary N) is 1. The molecule has 1 heterocycles. The van der Waals surface area contributed by atoms with Gasteiger partial charge in [-0.2, -0.15) is 0 Å². The first kappa shape index (κ1) is 25.7. The molecule has 10 heteroatoms. The largest absolute Gasteiger partial charge is 0.463 e. The lowest BCUT2D eigenvalue weighted by Crippen LogP contribution is -2.34. The summed E-state index contributed by atoms with van der Waals surface area (Å²) in [6.45, 7) is 9.48. The van der Waals surface area contributed by atoms with E-state index >= 15 is 0 Å². The zero-order valence-electron chi connectivity index (χ0n) is 19.3. The highest BCUT2D eigenvalue weighted by molar-refractivity contribution is 6.03. The van der Waals surface area contributed by atoms with Crippen LogP contribution in [0.1, 0.15) is 39.2 Å². The number of hydrogen-bond acceptors (Lipinski definition) is 9. The van der Waals surface area contributed by atoms with Gasteiger partial charge in [0.25, 0.3) is 5.69 Å². The Labute approximate surface area is 192 Å². The monoisotopic (exact) mass is 459 g/mol. The number of nitro groups is 1. The summed E-state index contributed by atoms with van der Waals surface area (Å²) in [7, 11) is 0. The molecule has 0 saturated carbocycles. The van der Waals surface area contributed by atoms with Crippen LogP contribution in [0.4, 0.5) is 5.69 Å². The van der Waals surface area contributed by atoms with E-state index in [9.17, 15) is 24.5 Å². The average molecular weight is 459 g/mol. The maximum atomic E-state index is 13.2. The molecule has 1 aliphatic rings. The van der Waals surface area contributed by atoms with Crippen molar-refractivity contribution >= 4 is 23.9 Å². The Morgan fingerprint density at radius 3 is 2.39 bits per heavy atom. The van der Waals surface area contributed by atoms with Gasteiger partial charge in [-0.1, -0.05) is 26.0 Å². The van der Waals surface area contributed by atoms with Crippen molar-refractivity contribution in [3.05, 3.63) is 62.5 Å².